The van der Waals surface area contributed by atoms with Crippen molar-refractivity contribution in [2.24, 2.45) is 0 Å². The summed E-state index contributed by atoms with van der Waals surface area (Å²) in [5.74, 6) is 2.16. The van der Waals surface area contributed by atoms with Crippen molar-refractivity contribution in [2.45, 2.75) is 37.2 Å². The van der Waals surface area contributed by atoms with Crippen molar-refractivity contribution in [3.8, 4) is 22.0 Å². The average molecular weight is 452 g/mol. The molecule has 4 rings (SSSR count). The zero-order chi connectivity index (χ0) is 21.6. The molecule has 8 heteroatoms. The molecule has 160 valence electrons. The fourth-order valence-corrected chi connectivity index (χ4v) is 5.05. The van der Waals surface area contributed by atoms with Crippen molar-refractivity contribution in [1.29, 1.82) is 0 Å². The number of thiazole rings is 1. The molecule has 0 saturated heterocycles. The molecule has 3 heterocycles. The fraction of sp³-hybridized carbons (Fsp3) is 0.304. The molecule has 0 fully saturated rings. The zero-order valence-electron chi connectivity index (χ0n) is 17.9. The third-order valence-corrected chi connectivity index (χ3v) is 7.14. The molecule has 0 amide bonds. The number of pyridine rings is 1. The van der Waals surface area contributed by atoms with Crippen molar-refractivity contribution in [1.82, 2.24) is 24.7 Å². The third-order valence-electron chi connectivity index (χ3n) is 4.90. The summed E-state index contributed by atoms with van der Waals surface area (Å²) >= 11 is 3.39. The molecule has 0 unspecified atom stereocenters. The normalized spacial score (nSPS) is 11.4. The van der Waals surface area contributed by atoms with Gasteiger partial charge in [-0.3, -0.25) is 9.55 Å². The van der Waals surface area contributed by atoms with Crippen LogP contribution in [0.3, 0.4) is 0 Å². The summed E-state index contributed by atoms with van der Waals surface area (Å²) in [7, 11) is 1.70. The summed E-state index contributed by atoms with van der Waals surface area (Å²) in [5.41, 5.74) is 3.50. The molecule has 1 aromatic carbocycles. The van der Waals surface area contributed by atoms with Crippen molar-refractivity contribution >= 4 is 23.1 Å². The van der Waals surface area contributed by atoms with E-state index < -0.39 is 0 Å². The van der Waals surface area contributed by atoms with Crippen LogP contribution in [-0.4, -0.2) is 38.4 Å². The number of nitrogens with zero attached hydrogens (tertiary/aromatic N) is 5. The van der Waals surface area contributed by atoms with E-state index in [9.17, 15) is 0 Å². The van der Waals surface area contributed by atoms with Gasteiger partial charge < -0.3 is 4.74 Å². The number of hydrogen-bond donors (Lipinski definition) is 0. The molecular formula is C23H25N5OS2. The third kappa shape index (κ3) is 5.20. The Bertz CT molecular complexity index is 1110. The van der Waals surface area contributed by atoms with Gasteiger partial charge in [0.25, 0.3) is 0 Å². The molecule has 0 aliphatic carbocycles. The van der Waals surface area contributed by atoms with Crippen LogP contribution in [0.5, 0.6) is 0 Å². The predicted octanol–water partition coefficient (Wildman–Crippen LogP) is 5.53. The maximum absolute atomic E-state index is 5.29. The summed E-state index contributed by atoms with van der Waals surface area (Å²) in [5, 5.41) is 10.8. The molecule has 0 bridgehead atoms. The fourth-order valence-electron chi connectivity index (χ4n) is 3.15. The van der Waals surface area contributed by atoms with Gasteiger partial charge in [0.2, 0.25) is 0 Å². The summed E-state index contributed by atoms with van der Waals surface area (Å²) in [4.78, 5) is 9.93. The number of rotatable bonds is 9. The van der Waals surface area contributed by atoms with E-state index in [1.165, 1.54) is 10.4 Å². The average Bonchev–Trinajstić information content (AvgIpc) is 3.44. The van der Waals surface area contributed by atoms with Gasteiger partial charge in [0, 0.05) is 47.5 Å². The maximum atomic E-state index is 5.29. The molecule has 0 radical (unpaired) electrons. The highest BCUT2D eigenvalue weighted by Crippen LogP contribution is 2.31. The molecule has 0 aliphatic heterocycles. The second-order valence-electron chi connectivity index (χ2n) is 7.38. The standard InChI is InChI=1S/C23H25N5OS2/c1-16(2)17-4-6-19(7-5-17)22-25-14-20(31-22)15-30-23-27-26-21(28(23)12-13-29-3)18-8-10-24-11-9-18/h4-11,14,16H,12-13,15H2,1-3H3. The van der Waals surface area contributed by atoms with E-state index in [4.69, 9.17) is 4.74 Å². The lowest BCUT2D eigenvalue weighted by atomic mass is 10.0. The maximum Gasteiger partial charge on any atom is 0.191 e. The highest BCUT2D eigenvalue weighted by Gasteiger charge is 2.15. The minimum atomic E-state index is 0.532. The molecule has 31 heavy (non-hydrogen) atoms. The van der Waals surface area contributed by atoms with Gasteiger partial charge in [0.15, 0.2) is 11.0 Å². The van der Waals surface area contributed by atoms with Gasteiger partial charge >= 0.3 is 0 Å². The summed E-state index contributed by atoms with van der Waals surface area (Å²) < 4.78 is 7.40. The molecule has 3 aromatic heterocycles. The Labute approximate surface area is 190 Å². The first kappa shape index (κ1) is 21.7. The minimum absolute atomic E-state index is 0.532. The van der Waals surface area contributed by atoms with Crippen molar-refractivity contribution in [2.75, 3.05) is 13.7 Å². The van der Waals surface area contributed by atoms with Gasteiger partial charge in [-0.25, -0.2) is 4.98 Å². The quantitative estimate of drug-likeness (QED) is 0.312. The Kier molecular flexibility index (Phi) is 7.11. The van der Waals surface area contributed by atoms with Gasteiger partial charge in [-0.15, -0.1) is 21.5 Å². The van der Waals surface area contributed by atoms with Crippen LogP contribution in [0.25, 0.3) is 22.0 Å². The smallest absolute Gasteiger partial charge is 0.191 e. The van der Waals surface area contributed by atoms with Crippen molar-refractivity contribution in [3.63, 3.8) is 0 Å². The number of methoxy groups -OCH3 is 1. The van der Waals surface area contributed by atoms with Crippen LogP contribution >= 0.6 is 23.1 Å². The lowest BCUT2D eigenvalue weighted by Crippen LogP contribution is -2.07. The Morgan fingerprint density at radius 2 is 1.81 bits per heavy atom. The van der Waals surface area contributed by atoms with Crippen LogP contribution < -0.4 is 0 Å². The molecule has 0 N–H and O–H groups in total. The van der Waals surface area contributed by atoms with Crippen LogP contribution in [-0.2, 0) is 17.0 Å². The number of ether oxygens (including phenoxy) is 1. The molecule has 0 spiro atoms. The van der Waals surface area contributed by atoms with Gasteiger partial charge in [-0.2, -0.15) is 0 Å². The van der Waals surface area contributed by atoms with E-state index in [0.717, 1.165) is 32.9 Å². The second kappa shape index (κ2) is 10.2. The molecule has 4 aromatic rings. The van der Waals surface area contributed by atoms with Crippen molar-refractivity contribution in [3.05, 3.63) is 65.4 Å². The zero-order valence-corrected chi connectivity index (χ0v) is 19.5. The number of benzene rings is 1. The van der Waals surface area contributed by atoms with Gasteiger partial charge in [-0.05, 0) is 23.6 Å². The van der Waals surface area contributed by atoms with Crippen LogP contribution in [0, 0.1) is 0 Å². The first-order chi connectivity index (χ1) is 15.2. The van der Waals surface area contributed by atoms with Crippen LogP contribution in [0.4, 0.5) is 0 Å². The molecule has 0 aliphatic rings. The SMILES string of the molecule is COCCn1c(SCc2cnc(-c3ccc(C(C)C)cc3)s2)nnc1-c1ccncc1. The number of aromatic nitrogens is 5. The Morgan fingerprint density at radius 1 is 1.03 bits per heavy atom. The van der Waals surface area contributed by atoms with Gasteiger partial charge in [0.05, 0.1) is 13.2 Å². The Hall–Kier alpha value is -2.55. The monoisotopic (exact) mass is 451 g/mol. The Balaban J connectivity index is 1.49. The van der Waals surface area contributed by atoms with E-state index in [1.807, 2.05) is 18.3 Å². The molecular weight excluding hydrogens is 426 g/mol. The highest BCUT2D eigenvalue weighted by atomic mass is 32.2. The predicted molar refractivity (Wildman–Crippen MR) is 126 cm³/mol. The Morgan fingerprint density at radius 3 is 2.52 bits per heavy atom. The first-order valence-corrected chi connectivity index (χ1v) is 12.0. The largest absolute Gasteiger partial charge is 0.383 e. The first-order valence-electron chi connectivity index (χ1n) is 10.2. The van der Waals surface area contributed by atoms with E-state index >= 15 is 0 Å². The van der Waals surface area contributed by atoms with E-state index in [2.05, 4.69) is 62.8 Å². The lowest BCUT2D eigenvalue weighted by molar-refractivity contribution is 0.185. The van der Waals surface area contributed by atoms with E-state index in [0.29, 0.717) is 19.1 Å². The molecule has 6 nitrogen and oxygen atoms in total. The highest BCUT2D eigenvalue weighted by molar-refractivity contribution is 7.98. The number of hydrogen-bond acceptors (Lipinski definition) is 7. The van der Waals surface area contributed by atoms with Crippen LogP contribution in [0.2, 0.25) is 0 Å². The van der Waals surface area contributed by atoms with Gasteiger partial charge in [0.1, 0.15) is 5.01 Å². The molecule has 0 saturated carbocycles. The van der Waals surface area contributed by atoms with E-state index in [1.54, 1.807) is 42.6 Å². The summed E-state index contributed by atoms with van der Waals surface area (Å²) in [6.45, 7) is 5.71. The van der Waals surface area contributed by atoms with E-state index in [-0.39, 0.29) is 0 Å². The van der Waals surface area contributed by atoms with Crippen molar-refractivity contribution < 1.29 is 4.74 Å². The van der Waals surface area contributed by atoms with Crippen LogP contribution in [0.1, 0.15) is 30.2 Å². The summed E-state index contributed by atoms with van der Waals surface area (Å²) in [6.07, 6.45) is 5.50. The number of thioether (sulfide) groups is 1. The summed E-state index contributed by atoms with van der Waals surface area (Å²) in [6, 6.07) is 12.6. The lowest BCUT2D eigenvalue weighted by Gasteiger charge is -2.09. The second-order valence-corrected chi connectivity index (χ2v) is 9.44. The molecule has 0 atom stereocenters. The minimum Gasteiger partial charge on any atom is -0.383 e. The van der Waals surface area contributed by atoms with Crippen LogP contribution in [0.15, 0.2) is 60.1 Å². The van der Waals surface area contributed by atoms with Gasteiger partial charge in [-0.1, -0.05) is 49.9 Å². The topological polar surface area (TPSA) is 65.7 Å².